The minimum Gasteiger partial charge on any atom is -0.358 e. The lowest BCUT2D eigenvalue weighted by molar-refractivity contribution is 0.248. The Labute approximate surface area is 157 Å². The Morgan fingerprint density at radius 1 is 1.22 bits per heavy atom. The molecule has 0 spiro atoms. The fourth-order valence-electron chi connectivity index (χ4n) is 4.00. The van der Waals surface area contributed by atoms with E-state index >= 15 is 0 Å². The monoisotopic (exact) mass is 356 g/mol. The zero-order chi connectivity index (χ0) is 18.4. The largest absolute Gasteiger partial charge is 0.360 e. The van der Waals surface area contributed by atoms with Gasteiger partial charge in [0, 0.05) is 35.1 Å². The van der Waals surface area contributed by atoms with Gasteiger partial charge in [-0.05, 0) is 37.1 Å². The normalized spacial score (nSPS) is 16.6. The van der Waals surface area contributed by atoms with Crippen LogP contribution < -0.4 is 10.4 Å². The third-order valence-electron chi connectivity index (χ3n) is 5.22. The predicted octanol–water partition coefficient (Wildman–Crippen LogP) is 4.07. The first kappa shape index (κ1) is 15.9. The van der Waals surface area contributed by atoms with Gasteiger partial charge in [-0.2, -0.15) is 4.99 Å². The van der Waals surface area contributed by atoms with Crippen LogP contribution in [0.5, 0.6) is 0 Å². The number of rotatable bonds is 1. The van der Waals surface area contributed by atoms with Crippen molar-refractivity contribution in [2.24, 2.45) is 4.99 Å². The van der Waals surface area contributed by atoms with Crippen molar-refractivity contribution in [3.05, 3.63) is 77.0 Å². The number of amides is 2. The number of urea groups is 1. The smallest absolute Gasteiger partial charge is 0.358 e. The molecule has 0 unspecified atom stereocenters. The molecule has 2 amide bonds. The highest BCUT2D eigenvalue weighted by atomic mass is 16.2. The zero-order valence-electron chi connectivity index (χ0n) is 15.1. The first-order valence-electron chi connectivity index (χ1n) is 9.22. The molecule has 2 heterocycles. The van der Waals surface area contributed by atoms with Crippen LogP contribution in [0.2, 0.25) is 0 Å². The minimum atomic E-state index is -0.346. The highest BCUT2D eigenvalue weighted by Gasteiger charge is 2.22. The van der Waals surface area contributed by atoms with Crippen molar-refractivity contribution in [3.8, 4) is 0 Å². The number of anilines is 1. The molecule has 0 radical (unpaired) electrons. The van der Waals surface area contributed by atoms with Gasteiger partial charge in [-0.1, -0.05) is 42.0 Å². The number of para-hydroxylation sites is 1. The Bertz CT molecular complexity index is 1120. The fraction of sp³-hybridized carbons (Fsp3) is 0.182. The van der Waals surface area contributed by atoms with Crippen molar-refractivity contribution in [2.45, 2.75) is 19.8 Å². The van der Waals surface area contributed by atoms with Gasteiger partial charge in [0.25, 0.3) is 0 Å². The molecule has 1 aromatic heterocycles. The number of benzene rings is 2. The van der Waals surface area contributed by atoms with E-state index < -0.39 is 0 Å². The van der Waals surface area contributed by atoms with Crippen LogP contribution in [-0.4, -0.2) is 23.3 Å². The van der Waals surface area contributed by atoms with E-state index in [1.54, 1.807) is 0 Å². The molecule has 0 atom stereocenters. The molecule has 0 saturated heterocycles. The standard InChI is InChI=1S/C22H20N4O/c1-14-9-10-20-15(13-14)11-12-26(20)25-22(27)24-19-8-4-7-18-21(19)16-5-2-3-6-17(16)23-18/h2-6,8-10,13,23H,7,11-12H2,1H3,(H,25,27). The quantitative estimate of drug-likeness (QED) is 0.691. The van der Waals surface area contributed by atoms with E-state index in [0.29, 0.717) is 5.71 Å². The summed E-state index contributed by atoms with van der Waals surface area (Å²) in [5.74, 6) is 0. The van der Waals surface area contributed by atoms with E-state index in [1.165, 1.54) is 11.1 Å². The number of carbonyl (C=O) groups excluding carboxylic acids is 1. The average molecular weight is 356 g/mol. The summed E-state index contributed by atoms with van der Waals surface area (Å²) in [6, 6.07) is 14.1. The molecule has 2 aromatic carbocycles. The summed E-state index contributed by atoms with van der Waals surface area (Å²) in [5, 5.41) is 2.99. The number of carbonyl (C=O) groups is 1. The van der Waals surface area contributed by atoms with Gasteiger partial charge >= 0.3 is 6.03 Å². The van der Waals surface area contributed by atoms with Crippen LogP contribution in [0.1, 0.15) is 22.4 Å². The van der Waals surface area contributed by atoms with Crippen LogP contribution in [0.3, 0.4) is 0 Å². The van der Waals surface area contributed by atoms with Crippen LogP contribution >= 0.6 is 0 Å². The maximum absolute atomic E-state index is 12.6. The van der Waals surface area contributed by atoms with Gasteiger partial charge in [0.05, 0.1) is 11.4 Å². The van der Waals surface area contributed by atoms with E-state index in [9.17, 15) is 4.79 Å². The molecular weight excluding hydrogens is 336 g/mol. The molecule has 2 aliphatic rings. The topological polar surface area (TPSA) is 60.5 Å². The van der Waals surface area contributed by atoms with Crippen molar-refractivity contribution < 1.29 is 4.79 Å². The minimum absolute atomic E-state index is 0.346. The zero-order valence-corrected chi connectivity index (χ0v) is 15.1. The van der Waals surface area contributed by atoms with E-state index in [1.807, 2.05) is 29.3 Å². The summed E-state index contributed by atoms with van der Waals surface area (Å²) < 4.78 is 0. The molecule has 0 saturated carbocycles. The summed E-state index contributed by atoms with van der Waals surface area (Å²) >= 11 is 0. The lowest BCUT2D eigenvalue weighted by Crippen LogP contribution is -2.40. The van der Waals surface area contributed by atoms with Gasteiger partial charge in [0.2, 0.25) is 0 Å². The maximum atomic E-state index is 12.6. The second-order valence-corrected chi connectivity index (χ2v) is 7.08. The molecule has 3 aromatic rings. The molecule has 1 aliphatic heterocycles. The summed E-state index contributed by atoms with van der Waals surface area (Å²) in [6.07, 6.45) is 5.73. The SMILES string of the molecule is Cc1ccc2c(c1)CCN2NC(=O)N=C1C=CCc2[nH]c3ccccc3c21. The second kappa shape index (κ2) is 6.13. The molecular formula is C22H20N4O. The van der Waals surface area contributed by atoms with E-state index in [4.69, 9.17) is 0 Å². The number of hydrazine groups is 1. The van der Waals surface area contributed by atoms with E-state index in [-0.39, 0.29) is 6.03 Å². The van der Waals surface area contributed by atoms with Crippen LogP contribution in [0.4, 0.5) is 10.5 Å². The number of hydrogen-bond acceptors (Lipinski definition) is 2. The first-order valence-corrected chi connectivity index (χ1v) is 9.22. The number of aromatic amines is 1. The summed E-state index contributed by atoms with van der Waals surface area (Å²) in [5.41, 5.74) is 10.4. The number of hydrogen-bond donors (Lipinski definition) is 2. The lowest BCUT2D eigenvalue weighted by Gasteiger charge is -2.19. The highest BCUT2D eigenvalue weighted by Crippen LogP contribution is 2.28. The Kier molecular flexibility index (Phi) is 3.60. The van der Waals surface area contributed by atoms with Gasteiger partial charge in [0.1, 0.15) is 0 Å². The molecule has 5 rings (SSSR count). The van der Waals surface area contributed by atoms with Crippen molar-refractivity contribution >= 4 is 28.3 Å². The second-order valence-electron chi connectivity index (χ2n) is 7.08. The molecule has 27 heavy (non-hydrogen) atoms. The number of allylic oxidation sites excluding steroid dienone is 2. The molecule has 2 N–H and O–H groups in total. The summed E-state index contributed by atoms with van der Waals surface area (Å²) in [7, 11) is 0. The Hall–Kier alpha value is -3.34. The van der Waals surface area contributed by atoms with Crippen LogP contribution in [0, 0.1) is 6.92 Å². The number of aryl methyl sites for hydroxylation is 1. The number of fused-ring (bicyclic) bond motifs is 4. The molecule has 1 aliphatic carbocycles. The van der Waals surface area contributed by atoms with Gasteiger partial charge < -0.3 is 4.98 Å². The Morgan fingerprint density at radius 2 is 2.11 bits per heavy atom. The number of nitrogens with zero attached hydrogens (tertiary/aromatic N) is 2. The van der Waals surface area contributed by atoms with Crippen molar-refractivity contribution in [1.82, 2.24) is 10.4 Å². The van der Waals surface area contributed by atoms with Crippen molar-refractivity contribution in [2.75, 3.05) is 11.6 Å². The van der Waals surface area contributed by atoms with E-state index in [2.05, 4.69) is 52.7 Å². The van der Waals surface area contributed by atoms with E-state index in [0.717, 1.165) is 47.2 Å². The fourth-order valence-corrected chi connectivity index (χ4v) is 4.00. The summed E-state index contributed by atoms with van der Waals surface area (Å²) in [4.78, 5) is 20.4. The molecule has 134 valence electrons. The van der Waals surface area contributed by atoms with Gasteiger partial charge in [0.15, 0.2) is 0 Å². The highest BCUT2D eigenvalue weighted by molar-refractivity contribution is 6.20. The van der Waals surface area contributed by atoms with Crippen LogP contribution in [-0.2, 0) is 12.8 Å². The molecule has 0 fully saturated rings. The number of aliphatic imine (C=N–C) groups is 1. The van der Waals surface area contributed by atoms with Crippen molar-refractivity contribution in [3.63, 3.8) is 0 Å². The average Bonchev–Trinajstić information content (AvgIpc) is 3.23. The Morgan fingerprint density at radius 3 is 3.04 bits per heavy atom. The summed E-state index contributed by atoms with van der Waals surface area (Å²) in [6.45, 7) is 2.85. The predicted molar refractivity (Wildman–Crippen MR) is 108 cm³/mol. The molecule has 5 heteroatoms. The third-order valence-corrected chi connectivity index (χ3v) is 5.22. The van der Waals surface area contributed by atoms with Crippen LogP contribution in [0.25, 0.3) is 10.9 Å². The molecule has 0 bridgehead atoms. The van der Waals surface area contributed by atoms with Gasteiger partial charge in [-0.3, -0.25) is 5.01 Å². The Balaban J connectivity index is 1.44. The number of H-pyrrole nitrogens is 1. The third kappa shape index (κ3) is 2.72. The van der Waals surface area contributed by atoms with Gasteiger partial charge in [-0.25, -0.2) is 10.2 Å². The van der Waals surface area contributed by atoms with Crippen molar-refractivity contribution in [1.29, 1.82) is 0 Å². The molecule has 5 nitrogen and oxygen atoms in total. The maximum Gasteiger partial charge on any atom is 0.360 e. The first-order chi connectivity index (χ1) is 13.2. The van der Waals surface area contributed by atoms with Gasteiger partial charge in [-0.15, -0.1) is 0 Å². The van der Waals surface area contributed by atoms with Crippen LogP contribution in [0.15, 0.2) is 59.6 Å². The number of nitrogens with one attached hydrogen (secondary N) is 2. The number of aromatic nitrogens is 1. The lowest BCUT2D eigenvalue weighted by atomic mass is 9.99.